The topological polar surface area (TPSA) is 64.5 Å². The van der Waals surface area contributed by atoms with E-state index in [2.05, 4.69) is 94.4 Å². The molecule has 2 aliphatic heterocycles. The molecular formula is C28H35N5O. The van der Waals surface area contributed by atoms with E-state index in [9.17, 15) is 5.11 Å². The molecule has 0 spiro atoms. The monoisotopic (exact) mass is 457 g/mol. The van der Waals surface area contributed by atoms with Crippen LogP contribution in [-0.4, -0.2) is 51.8 Å². The molecule has 0 amide bonds. The van der Waals surface area contributed by atoms with E-state index in [1.165, 1.54) is 16.7 Å². The summed E-state index contributed by atoms with van der Waals surface area (Å²) in [6.45, 7) is 10.0. The number of fused-ring (bicyclic) bond motifs is 1. The number of nitrogens with zero attached hydrogens (tertiary/aromatic N) is 4. The van der Waals surface area contributed by atoms with Gasteiger partial charge in [0.05, 0.1) is 6.10 Å². The van der Waals surface area contributed by atoms with Gasteiger partial charge in [0.15, 0.2) is 0 Å². The van der Waals surface area contributed by atoms with Gasteiger partial charge < -0.3 is 15.3 Å². The Bertz CT molecular complexity index is 1120. The number of β-amino-alcohol motifs (C(OH)–C–C–N with tert-alkyl or cyclic N) is 1. The molecule has 6 heteroatoms. The average Bonchev–Trinajstić information content (AvgIpc) is 2.84. The van der Waals surface area contributed by atoms with Gasteiger partial charge in [0.2, 0.25) is 0 Å². The maximum Gasteiger partial charge on any atom is 0.135 e. The average molecular weight is 458 g/mol. The molecule has 0 saturated carbocycles. The Balaban J connectivity index is 1.22. The lowest BCUT2D eigenvalue weighted by atomic mass is 9.87. The Morgan fingerprint density at radius 1 is 0.971 bits per heavy atom. The lowest BCUT2D eigenvalue weighted by Crippen LogP contribution is -2.55. The first-order valence-corrected chi connectivity index (χ1v) is 12.3. The van der Waals surface area contributed by atoms with Crippen molar-refractivity contribution in [2.75, 3.05) is 29.9 Å². The smallest absolute Gasteiger partial charge is 0.135 e. The van der Waals surface area contributed by atoms with Crippen LogP contribution < -0.4 is 10.2 Å². The first-order chi connectivity index (χ1) is 16.4. The number of aromatic nitrogens is 2. The van der Waals surface area contributed by atoms with Crippen LogP contribution in [0.4, 0.5) is 17.3 Å². The Labute approximate surface area is 202 Å². The van der Waals surface area contributed by atoms with Gasteiger partial charge in [-0.3, -0.25) is 4.90 Å². The van der Waals surface area contributed by atoms with Crippen LogP contribution in [0.5, 0.6) is 0 Å². The summed E-state index contributed by atoms with van der Waals surface area (Å²) in [6.07, 6.45) is 3.17. The van der Waals surface area contributed by atoms with Crippen molar-refractivity contribution >= 4 is 17.3 Å². The molecule has 0 bridgehead atoms. The molecule has 0 aliphatic carbocycles. The zero-order valence-corrected chi connectivity index (χ0v) is 20.4. The molecule has 1 fully saturated rings. The SMILES string of the molecule is CC(C)(C)c1ccc(Nc2cc(N3CC[C@H](N4CCc5ccccc5C4)[C@@H](O)C3)ncn2)cc1. The summed E-state index contributed by atoms with van der Waals surface area (Å²) < 4.78 is 0. The number of benzene rings is 2. The van der Waals surface area contributed by atoms with Crippen LogP contribution in [0.1, 0.15) is 43.9 Å². The van der Waals surface area contributed by atoms with Gasteiger partial charge >= 0.3 is 0 Å². The molecule has 6 nitrogen and oxygen atoms in total. The minimum Gasteiger partial charge on any atom is -0.390 e. The summed E-state index contributed by atoms with van der Waals surface area (Å²) in [5, 5.41) is 14.4. The molecule has 1 aromatic heterocycles. The van der Waals surface area contributed by atoms with Crippen molar-refractivity contribution in [3.8, 4) is 0 Å². The second-order valence-corrected chi connectivity index (χ2v) is 10.6. The predicted octanol–water partition coefficient (Wildman–Crippen LogP) is 4.52. The summed E-state index contributed by atoms with van der Waals surface area (Å²) in [4.78, 5) is 13.5. The van der Waals surface area contributed by atoms with Crippen LogP contribution in [-0.2, 0) is 18.4 Å². The predicted molar refractivity (Wildman–Crippen MR) is 138 cm³/mol. The summed E-state index contributed by atoms with van der Waals surface area (Å²) in [7, 11) is 0. The van der Waals surface area contributed by atoms with Crippen molar-refractivity contribution in [3.63, 3.8) is 0 Å². The van der Waals surface area contributed by atoms with Gasteiger partial charge in [-0.25, -0.2) is 9.97 Å². The lowest BCUT2D eigenvalue weighted by Gasteiger charge is -2.43. The molecule has 0 radical (unpaired) electrons. The van der Waals surface area contributed by atoms with Gasteiger partial charge in [-0.1, -0.05) is 57.2 Å². The van der Waals surface area contributed by atoms with Crippen molar-refractivity contribution in [2.24, 2.45) is 0 Å². The number of piperidine rings is 1. The van der Waals surface area contributed by atoms with E-state index in [1.807, 2.05) is 6.07 Å². The molecule has 3 heterocycles. The van der Waals surface area contributed by atoms with E-state index in [-0.39, 0.29) is 11.5 Å². The largest absolute Gasteiger partial charge is 0.390 e. The Morgan fingerprint density at radius 3 is 2.47 bits per heavy atom. The molecule has 3 aromatic rings. The zero-order valence-electron chi connectivity index (χ0n) is 20.4. The number of hydrogen-bond donors (Lipinski definition) is 2. The third-order valence-electron chi connectivity index (χ3n) is 7.18. The summed E-state index contributed by atoms with van der Waals surface area (Å²) in [6, 6.07) is 19.3. The highest BCUT2D eigenvalue weighted by Gasteiger charge is 2.34. The maximum absolute atomic E-state index is 11.1. The molecular weight excluding hydrogens is 422 g/mol. The van der Waals surface area contributed by atoms with E-state index in [1.54, 1.807) is 6.33 Å². The molecule has 2 aliphatic rings. The summed E-state index contributed by atoms with van der Waals surface area (Å²) in [5.41, 5.74) is 5.27. The second-order valence-electron chi connectivity index (χ2n) is 10.6. The number of aliphatic hydroxyl groups excluding tert-OH is 1. The standard InChI is InChI=1S/C28H35N5O/c1-28(2,3)22-8-10-23(11-9-22)31-26-16-27(30-19-29-26)33-15-13-24(25(34)18-33)32-14-12-20-6-4-5-7-21(20)17-32/h4-11,16,19,24-25,34H,12-15,17-18H2,1-3H3,(H,29,30,31)/t24-,25-/m0/s1. The van der Waals surface area contributed by atoms with Gasteiger partial charge in [-0.2, -0.15) is 0 Å². The number of nitrogens with one attached hydrogen (secondary N) is 1. The van der Waals surface area contributed by atoms with Gasteiger partial charge in [0.1, 0.15) is 18.0 Å². The molecule has 2 N–H and O–H groups in total. The van der Waals surface area contributed by atoms with E-state index in [0.717, 1.165) is 49.8 Å². The first-order valence-electron chi connectivity index (χ1n) is 12.3. The van der Waals surface area contributed by atoms with Crippen molar-refractivity contribution < 1.29 is 5.11 Å². The van der Waals surface area contributed by atoms with Crippen LogP contribution in [0, 0.1) is 0 Å². The number of rotatable bonds is 4. The van der Waals surface area contributed by atoms with Crippen molar-refractivity contribution in [3.05, 3.63) is 77.6 Å². The van der Waals surface area contributed by atoms with Crippen LogP contribution >= 0.6 is 0 Å². The normalized spacial score (nSPS) is 21.2. The first kappa shape index (κ1) is 22.8. The van der Waals surface area contributed by atoms with Crippen LogP contribution in [0.15, 0.2) is 60.9 Å². The summed E-state index contributed by atoms with van der Waals surface area (Å²) in [5.74, 6) is 1.61. The quantitative estimate of drug-likeness (QED) is 0.601. The Hall–Kier alpha value is -2.96. The highest BCUT2D eigenvalue weighted by atomic mass is 16.3. The molecule has 178 valence electrons. The van der Waals surface area contributed by atoms with Crippen molar-refractivity contribution in [1.82, 2.24) is 14.9 Å². The van der Waals surface area contributed by atoms with Crippen molar-refractivity contribution in [2.45, 2.75) is 57.7 Å². The van der Waals surface area contributed by atoms with Crippen LogP contribution in [0.25, 0.3) is 0 Å². The van der Waals surface area contributed by atoms with E-state index in [4.69, 9.17) is 0 Å². The third-order valence-corrected chi connectivity index (χ3v) is 7.18. The fourth-order valence-corrected chi connectivity index (χ4v) is 5.14. The highest BCUT2D eigenvalue weighted by molar-refractivity contribution is 5.60. The molecule has 2 aromatic carbocycles. The zero-order chi connectivity index (χ0) is 23.7. The van der Waals surface area contributed by atoms with Crippen LogP contribution in [0.3, 0.4) is 0 Å². The Kier molecular flexibility index (Phi) is 6.28. The second kappa shape index (κ2) is 9.35. The Morgan fingerprint density at radius 2 is 1.74 bits per heavy atom. The number of aliphatic hydroxyl groups is 1. The minimum absolute atomic E-state index is 0.130. The highest BCUT2D eigenvalue weighted by Crippen LogP contribution is 2.28. The fraction of sp³-hybridized carbons (Fsp3) is 0.429. The molecule has 34 heavy (non-hydrogen) atoms. The molecule has 0 unspecified atom stereocenters. The van der Waals surface area contributed by atoms with Crippen molar-refractivity contribution in [1.29, 1.82) is 0 Å². The minimum atomic E-state index is -0.407. The third kappa shape index (κ3) is 4.93. The van der Waals surface area contributed by atoms with E-state index in [0.29, 0.717) is 6.54 Å². The fourth-order valence-electron chi connectivity index (χ4n) is 5.14. The van der Waals surface area contributed by atoms with E-state index >= 15 is 0 Å². The number of hydrogen-bond acceptors (Lipinski definition) is 6. The van der Waals surface area contributed by atoms with Crippen LogP contribution in [0.2, 0.25) is 0 Å². The number of anilines is 3. The maximum atomic E-state index is 11.1. The molecule has 5 rings (SSSR count). The molecule has 2 atom stereocenters. The summed E-state index contributed by atoms with van der Waals surface area (Å²) >= 11 is 0. The van der Waals surface area contributed by atoms with Gasteiger partial charge in [-0.05, 0) is 47.1 Å². The van der Waals surface area contributed by atoms with Gasteiger partial charge in [0.25, 0.3) is 0 Å². The molecule has 1 saturated heterocycles. The van der Waals surface area contributed by atoms with E-state index < -0.39 is 6.10 Å². The van der Waals surface area contributed by atoms with Gasteiger partial charge in [-0.15, -0.1) is 0 Å². The van der Waals surface area contributed by atoms with Gasteiger partial charge in [0, 0.05) is 44.0 Å². The lowest BCUT2D eigenvalue weighted by molar-refractivity contribution is 0.0293.